The van der Waals surface area contributed by atoms with Gasteiger partial charge in [-0.1, -0.05) is 0 Å². The molecule has 0 spiro atoms. The molecule has 0 aliphatic heterocycles. The molecule has 0 aromatic carbocycles. The first kappa shape index (κ1) is 13.0. The molecular weight excluding hydrogens is 274 g/mol. The largest absolute Gasteiger partial charge is 0.504 e. The lowest BCUT2D eigenvalue weighted by atomic mass is 10.2. The molecule has 0 aliphatic carbocycles. The van der Waals surface area contributed by atoms with Gasteiger partial charge in [-0.2, -0.15) is 12.6 Å². The molecule has 2 rings (SSSR count). The van der Waals surface area contributed by atoms with Crippen LogP contribution in [0, 0.1) is 0 Å². The number of rotatable bonds is 2. The summed E-state index contributed by atoms with van der Waals surface area (Å²) >= 11 is 3.78. The second kappa shape index (κ2) is 4.69. The molecule has 0 unspecified atom stereocenters. The van der Waals surface area contributed by atoms with Gasteiger partial charge in [0.05, 0.1) is 5.88 Å². The first-order valence-corrected chi connectivity index (χ1v) is 5.69. The maximum absolute atomic E-state index is 11.7. The number of H-pyrrole nitrogens is 2. The molecule has 5 N–H and O–H groups in total. The highest BCUT2D eigenvalue weighted by molar-refractivity contribution is 7.80. The number of nitrogens with one attached hydrogen (secondary N) is 3. The molecular formula is C10H9N3O5S. The first-order valence-electron chi connectivity index (χ1n) is 5.06. The van der Waals surface area contributed by atoms with Crippen molar-refractivity contribution in [3.63, 3.8) is 0 Å². The molecule has 19 heavy (non-hydrogen) atoms. The van der Waals surface area contributed by atoms with Crippen LogP contribution in [0.5, 0.6) is 11.5 Å². The average Bonchev–Trinajstić information content (AvgIpc) is 2.37. The topological polar surface area (TPSA) is 135 Å². The molecule has 0 saturated heterocycles. The molecule has 0 radical (unpaired) electrons. The van der Waals surface area contributed by atoms with E-state index in [-0.39, 0.29) is 11.4 Å². The zero-order chi connectivity index (χ0) is 14.2. The number of amides is 1. The molecule has 9 heteroatoms. The second-order valence-corrected chi connectivity index (χ2v) is 3.91. The number of carbonyl (C=O) groups excluding carboxylic acids is 1. The number of fused-ring (bicyclic) bond motifs is 1. The number of carbonyl (C=O) groups is 1. The molecule has 100 valence electrons. The number of hydrogen-bond donors (Lipinski definition) is 6. The summed E-state index contributed by atoms with van der Waals surface area (Å²) in [6, 6.07) is 0. The van der Waals surface area contributed by atoms with Crippen molar-refractivity contribution in [2.24, 2.45) is 0 Å². The number of aromatic amines is 2. The number of aromatic hydroxyl groups is 2. The quantitative estimate of drug-likeness (QED) is 0.318. The maximum atomic E-state index is 11.7. The van der Waals surface area contributed by atoms with E-state index in [9.17, 15) is 24.6 Å². The van der Waals surface area contributed by atoms with Crippen molar-refractivity contribution in [2.75, 3.05) is 5.88 Å². The summed E-state index contributed by atoms with van der Waals surface area (Å²) in [5.74, 6) is -2.00. The van der Waals surface area contributed by atoms with Gasteiger partial charge >= 0.3 is 0 Å². The summed E-state index contributed by atoms with van der Waals surface area (Å²) in [5.41, 5.74) is -2.45. The maximum Gasteiger partial charge on any atom is 0.272 e. The highest BCUT2D eigenvalue weighted by Crippen LogP contribution is 2.21. The normalized spacial score (nSPS) is 10.6. The van der Waals surface area contributed by atoms with Crippen LogP contribution in [0.2, 0.25) is 0 Å². The SMILES string of the molecule is O=C(NCS)c1[nH]c(=O)c2c(=O)c(O)c[nH]c2c1O. The van der Waals surface area contributed by atoms with Gasteiger partial charge < -0.3 is 25.5 Å². The van der Waals surface area contributed by atoms with Crippen molar-refractivity contribution < 1.29 is 15.0 Å². The van der Waals surface area contributed by atoms with Gasteiger partial charge in [-0.05, 0) is 0 Å². The van der Waals surface area contributed by atoms with Crippen LogP contribution in [0.3, 0.4) is 0 Å². The first-order chi connectivity index (χ1) is 8.97. The van der Waals surface area contributed by atoms with Crippen molar-refractivity contribution in [2.45, 2.75) is 0 Å². The second-order valence-electron chi connectivity index (χ2n) is 3.59. The Hall–Kier alpha value is -2.42. The minimum absolute atomic E-state index is 0.00440. The van der Waals surface area contributed by atoms with E-state index in [0.717, 1.165) is 6.20 Å². The Balaban J connectivity index is 2.85. The smallest absolute Gasteiger partial charge is 0.272 e. The van der Waals surface area contributed by atoms with E-state index in [1.54, 1.807) is 0 Å². The van der Waals surface area contributed by atoms with Crippen LogP contribution < -0.4 is 16.3 Å². The van der Waals surface area contributed by atoms with Gasteiger partial charge in [-0.15, -0.1) is 0 Å². The molecule has 0 aliphatic rings. The van der Waals surface area contributed by atoms with E-state index < -0.39 is 39.5 Å². The van der Waals surface area contributed by atoms with Gasteiger partial charge in [0.25, 0.3) is 11.5 Å². The fourth-order valence-electron chi connectivity index (χ4n) is 1.61. The van der Waals surface area contributed by atoms with Crippen LogP contribution in [-0.2, 0) is 0 Å². The Morgan fingerprint density at radius 1 is 1.37 bits per heavy atom. The highest BCUT2D eigenvalue weighted by atomic mass is 32.1. The molecule has 2 heterocycles. The highest BCUT2D eigenvalue weighted by Gasteiger charge is 2.19. The van der Waals surface area contributed by atoms with Gasteiger partial charge in [0.15, 0.2) is 17.2 Å². The third-order valence-electron chi connectivity index (χ3n) is 2.47. The fraction of sp³-hybridized carbons (Fsp3) is 0.100. The molecule has 0 saturated carbocycles. The lowest BCUT2D eigenvalue weighted by molar-refractivity contribution is 0.0953. The van der Waals surface area contributed by atoms with E-state index in [1.807, 2.05) is 0 Å². The Morgan fingerprint density at radius 3 is 2.68 bits per heavy atom. The average molecular weight is 283 g/mol. The Bertz CT molecular complexity index is 779. The predicted octanol–water partition coefficient (Wildman–Crippen LogP) is -0.755. The van der Waals surface area contributed by atoms with Crippen molar-refractivity contribution in [3.05, 3.63) is 32.5 Å². The number of pyridine rings is 2. The fourth-order valence-corrected chi connectivity index (χ4v) is 1.75. The Labute approximate surface area is 110 Å². The summed E-state index contributed by atoms with van der Waals surface area (Å²) in [6.07, 6.45) is 0.921. The summed E-state index contributed by atoms with van der Waals surface area (Å²) in [7, 11) is 0. The van der Waals surface area contributed by atoms with Gasteiger partial charge in [-0.25, -0.2) is 0 Å². The summed E-state index contributed by atoms with van der Waals surface area (Å²) in [4.78, 5) is 39.4. The predicted molar refractivity (Wildman–Crippen MR) is 69.8 cm³/mol. The Morgan fingerprint density at radius 2 is 2.05 bits per heavy atom. The molecule has 2 aromatic heterocycles. The van der Waals surface area contributed by atoms with Crippen LogP contribution in [0.4, 0.5) is 0 Å². The zero-order valence-electron chi connectivity index (χ0n) is 9.35. The monoisotopic (exact) mass is 283 g/mol. The third-order valence-corrected chi connectivity index (χ3v) is 2.63. The van der Waals surface area contributed by atoms with E-state index in [0.29, 0.717) is 0 Å². The number of thiol groups is 1. The molecule has 0 atom stereocenters. The number of aromatic nitrogens is 2. The minimum Gasteiger partial charge on any atom is -0.504 e. The number of hydrogen-bond acceptors (Lipinski definition) is 6. The van der Waals surface area contributed by atoms with Crippen molar-refractivity contribution in [3.8, 4) is 11.5 Å². The Kier molecular flexibility index (Phi) is 3.21. The van der Waals surface area contributed by atoms with Crippen molar-refractivity contribution >= 4 is 29.4 Å². The molecule has 1 amide bonds. The lowest BCUT2D eigenvalue weighted by Gasteiger charge is -2.07. The molecule has 0 bridgehead atoms. The minimum atomic E-state index is -0.938. The van der Waals surface area contributed by atoms with Crippen LogP contribution in [0.1, 0.15) is 10.5 Å². The summed E-state index contributed by atoms with van der Waals surface area (Å²) in [5, 5.41) is 20.9. The van der Waals surface area contributed by atoms with Gasteiger partial charge in [0, 0.05) is 6.20 Å². The van der Waals surface area contributed by atoms with Crippen LogP contribution in [-0.4, -0.2) is 32.0 Å². The van der Waals surface area contributed by atoms with Gasteiger partial charge in [0.2, 0.25) is 5.43 Å². The molecule has 8 nitrogen and oxygen atoms in total. The van der Waals surface area contributed by atoms with Crippen LogP contribution in [0.15, 0.2) is 15.8 Å². The van der Waals surface area contributed by atoms with E-state index in [4.69, 9.17) is 0 Å². The van der Waals surface area contributed by atoms with E-state index in [2.05, 4.69) is 27.9 Å². The standard InChI is InChI=1S/C10H9N3O5S/c14-3-1-11-5-4(7(3)15)9(17)13-6(8(5)16)10(18)12-2-19/h1,14,16,19H,2H2,(H,11,15)(H,12,18)(H,13,17). The lowest BCUT2D eigenvalue weighted by Crippen LogP contribution is -2.27. The third kappa shape index (κ3) is 2.03. The van der Waals surface area contributed by atoms with E-state index >= 15 is 0 Å². The van der Waals surface area contributed by atoms with E-state index in [1.165, 1.54) is 0 Å². The van der Waals surface area contributed by atoms with Crippen molar-refractivity contribution in [1.82, 2.24) is 15.3 Å². The summed E-state index contributed by atoms with van der Waals surface area (Å²) in [6.45, 7) is 0. The summed E-state index contributed by atoms with van der Waals surface area (Å²) < 4.78 is 0. The van der Waals surface area contributed by atoms with Gasteiger partial charge in [0.1, 0.15) is 10.9 Å². The van der Waals surface area contributed by atoms with Crippen LogP contribution >= 0.6 is 12.6 Å². The zero-order valence-corrected chi connectivity index (χ0v) is 10.2. The molecule has 0 fully saturated rings. The molecule has 2 aromatic rings. The van der Waals surface area contributed by atoms with Gasteiger partial charge in [-0.3, -0.25) is 14.4 Å². The van der Waals surface area contributed by atoms with Crippen molar-refractivity contribution in [1.29, 1.82) is 0 Å². The van der Waals surface area contributed by atoms with Crippen LogP contribution in [0.25, 0.3) is 10.9 Å².